The molecule has 0 unspecified atom stereocenters. The summed E-state index contributed by atoms with van der Waals surface area (Å²) in [5.74, 6) is -0.231. The highest BCUT2D eigenvalue weighted by Gasteiger charge is 2.29. The highest BCUT2D eigenvalue weighted by Crippen LogP contribution is 2.34. The zero-order chi connectivity index (χ0) is 12.3. The molecule has 0 fully saturated rings. The van der Waals surface area contributed by atoms with E-state index in [4.69, 9.17) is 19.5 Å². The van der Waals surface area contributed by atoms with E-state index in [1.807, 2.05) is 0 Å². The Morgan fingerprint density at radius 1 is 1.31 bits per heavy atom. The highest BCUT2D eigenvalue weighted by atomic mass is 16.6. The summed E-state index contributed by atoms with van der Waals surface area (Å²) in [6.45, 7) is 0. The van der Waals surface area contributed by atoms with Gasteiger partial charge in [-0.1, -0.05) is 6.07 Å². The summed E-state index contributed by atoms with van der Waals surface area (Å²) >= 11 is 0. The molecule has 0 amide bonds. The minimum Gasteiger partial charge on any atom is -0.490 e. The van der Waals surface area contributed by atoms with Crippen molar-refractivity contribution in [1.82, 2.24) is 0 Å². The van der Waals surface area contributed by atoms with Gasteiger partial charge in [-0.2, -0.15) is 0 Å². The number of nitro benzene ring substituents is 1. The van der Waals surface area contributed by atoms with Gasteiger partial charge >= 0.3 is 12.8 Å². The molecule has 0 atom stereocenters. The second kappa shape index (κ2) is 4.82. The lowest BCUT2D eigenvalue weighted by Gasteiger charge is -2.10. The predicted octanol–water partition coefficient (Wildman–Crippen LogP) is -0.708. The maximum absolute atomic E-state index is 10.8. The van der Waals surface area contributed by atoms with Crippen molar-refractivity contribution < 1.29 is 24.4 Å². The summed E-state index contributed by atoms with van der Waals surface area (Å²) in [6, 6.07) is 2.56. The smallest absolute Gasteiger partial charge is 0.490 e. The Labute approximate surface area is 91.5 Å². The summed E-state index contributed by atoms with van der Waals surface area (Å²) in [4.78, 5) is 10.1. The van der Waals surface area contributed by atoms with Crippen LogP contribution >= 0.6 is 0 Å². The standard InChI is InChI=1S/C8H10BNO6/c1-15-6-4-3-5(9(11)12)8(16-2)7(6)10(13)14/h3-4,11-12H,1-2H3. The van der Waals surface area contributed by atoms with Crippen LogP contribution in [0.15, 0.2) is 12.1 Å². The topological polar surface area (TPSA) is 102 Å². The van der Waals surface area contributed by atoms with Gasteiger partial charge in [-0.25, -0.2) is 0 Å². The fourth-order valence-electron chi connectivity index (χ4n) is 1.32. The molecule has 1 rings (SSSR count). The molecule has 86 valence electrons. The number of hydrogen-bond donors (Lipinski definition) is 2. The molecule has 0 radical (unpaired) electrons. The van der Waals surface area contributed by atoms with Crippen LogP contribution < -0.4 is 14.9 Å². The number of ether oxygens (including phenoxy) is 2. The first-order chi connectivity index (χ1) is 7.52. The fraction of sp³-hybridized carbons (Fsp3) is 0.250. The molecule has 8 heteroatoms. The van der Waals surface area contributed by atoms with Crippen molar-refractivity contribution in [2.45, 2.75) is 0 Å². The van der Waals surface area contributed by atoms with Crippen LogP contribution in [0.1, 0.15) is 0 Å². The summed E-state index contributed by atoms with van der Waals surface area (Å²) in [5.41, 5.74) is -0.523. The maximum Gasteiger partial charge on any atom is 0.492 e. The maximum atomic E-state index is 10.8. The van der Waals surface area contributed by atoms with Gasteiger partial charge in [0.25, 0.3) is 0 Å². The van der Waals surface area contributed by atoms with Crippen LogP contribution in [0.4, 0.5) is 5.69 Å². The predicted molar refractivity (Wildman–Crippen MR) is 56.0 cm³/mol. The highest BCUT2D eigenvalue weighted by molar-refractivity contribution is 6.60. The Balaban J connectivity index is 3.49. The number of benzene rings is 1. The van der Waals surface area contributed by atoms with Gasteiger partial charge in [0.1, 0.15) is 0 Å². The average molecular weight is 227 g/mol. The van der Waals surface area contributed by atoms with Crippen LogP contribution in [-0.2, 0) is 0 Å². The molecule has 0 bridgehead atoms. The van der Waals surface area contributed by atoms with Crippen LogP contribution in [0.2, 0.25) is 0 Å². The van der Waals surface area contributed by atoms with E-state index < -0.39 is 17.7 Å². The van der Waals surface area contributed by atoms with Gasteiger partial charge in [0.05, 0.1) is 19.1 Å². The molecule has 0 aliphatic carbocycles. The molecule has 0 spiro atoms. The largest absolute Gasteiger partial charge is 0.492 e. The van der Waals surface area contributed by atoms with E-state index in [2.05, 4.69) is 0 Å². The summed E-state index contributed by atoms with van der Waals surface area (Å²) in [6.07, 6.45) is 0. The van der Waals surface area contributed by atoms with Crippen molar-refractivity contribution >= 4 is 18.3 Å². The number of methoxy groups -OCH3 is 2. The van der Waals surface area contributed by atoms with Gasteiger partial charge in [0.2, 0.25) is 11.5 Å². The van der Waals surface area contributed by atoms with E-state index in [0.29, 0.717) is 0 Å². The van der Waals surface area contributed by atoms with Gasteiger partial charge in [0.15, 0.2) is 0 Å². The molecule has 0 aromatic heterocycles. The van der Waals surface area contributed by atoms with Crippen molar-refractivity contribution in [3.05, 3.63) is 22.2 Å². The molecule has 16 heavy (non-hydrogen) atoms. The molecule has 1 aromatic carbocycles. The minimum absolute atomic E-state index is 0.00810. The first-order valence-corrected chi connectivity index (χ1v) is 4.28. The zero-order valence-corrected chi connectivity index (χ0v) is 8.71. The zero-order valence-electron chi connectivity index (χ0n) is 8.71. The Hall–Kier alpha value is -1.80. The van der Waals surface area contributed by atoms with Crippen molar-refractivity contribution in [2.24, 2.45) is 0 Å². The van der Waals surface area contributed by atoms with Gasteiger partial charge in [-0.05, 0) is 6.07 Å². The summed E-state index contributed by atoms with van der Waals surface area (Å²) in [5, 5.41) is 28.9. The first kappa shape index (κ1) is 12.3. The van der Waals surface area contributed by atoms with E-state index in [1.165, 1.54) is 26.4 Å². The Morgan fingerprint density at radius 3 is 2.31 bits per heavy atom. The average Bonchev–Trinajstić information content (AvgIpc) is 2.26. The third kappa shape index (κ3) is 2.07. The SMILES string of the molecule is COc1ccc(B(O)O)c(OC)c1[N+](=O)[O-]. The Kier molecular flexibility index (Phi) is 3.70. The van der Waals surface area contributed by atoms with Crippen molar-refractivity contribution in [3.8, 4) is 11.5 Å². The van der Waals surface area contributed by atoms with Crippen LogP contribution in [0.3, 0.4) is 0 Å². The molecular formula is C8H10BNO6. The molecule has 0 aliphatic heterocycles. The second-order valence-electron chi connectivity index (χ2n) is 2.87. The van der Waals surface area contributed by atoms with E-state index in [9.17, 15) is 10.1 Å². The van der Waals surface area contributed by atoms with Gasteiger partial charge < -0.3 is 19.5 Å². The molecule has 0 aliphatic rings. The summed E-state index contributed by atoms with van der Waals surface area (Å²) in [7, 11) is 0.629. The second-order valence-corrected chi connectivity index (χ2v) is 2.87. The van der Waals surface area contributed by atoms with Crippen LogP contribution in [0.25, 0.3) is 0 Å². The van der Waals surface area contributed by atoms with Crippen LogP contribution in [-0.4, -0.2) is 36.3 Å². The number of nitrogens with zero attached hydrogens (tertiary/aromatic N) is 1. The first-order valence-electron chi connectivity index (χ1n) is 4.28. The van der Waals surface area contributed by atoms with Crippen LogP contribution in [0.5, 0.6) is 11.5 Å². The van der Waals surface area contributed by atoms with Crippen molar-refractivity contribution in [2.75, 3.05) is 14.2 Å². The number of hydrogen-bond acceptors (Lipinski definition) is 6. The fourth-order valence-corrected chi connectivity index (χ4v) is 1.32. The molecular weight excluding hydrogens is 217 g/mol. The van der Waals surface area contributed by atoms with Crippen molar-refractivity contribution in [1.29, 1.82) is 0 Å². The third-order valence-corrected chi connectivity index (χ3v) is 2.01. The lowest BCUT2D eigenvalue weighted by atomic mass is 9.79. The Morgan fingerprint density at radius 2 is 1.94 bits per heavy atom. The van der Waals surface area contributed by atoms with Gasteiger partial charge in [-0.15, -0.1) is 0 Å². The van der Waals surface area contributed by atoms with Crippen LogP contribution in [0, 0.1) is 10.1 Å². The molecule has 2 N–H and O–H groups in total. The van der Waals surface area contributed by atoms with Gasteiger partial charge in [-0.3, -0.25) is 10.1 Å². The van der Waals surface area contributed by atoms with E-state index in [0.717, 1.165) is 0 Å². The van der Waals surface area contributed by atoms with Crippen molar-refractivity contribution in [3.63, 3.8) is 0 Å². The van der Waals surface area contributed by atoms with E-state index in [-0.39, 0.29) is 17.0 Å². The lowest BCUT2D eigenvalue weighted by Crippen LogP contribution is -2.31. The normalized spacial score (nSPS) is 9.75. The molecule has 0 saturated heterocycles. The monoisotopic (exact) mass is 227 g/mol. The summed E-state index contributed by atoms with van der Waals surface area (Å²) < 4.78 is 9.60. The molecule has 7 nitrogen and oxygen atoms in total. The molecule has 1 aromatic rings. The Bertz CT molecular complexity index is 408. The van der Waals surface area contributed by atoms with Gasteiger partial charge in [0, 0.05) is 5.46 Å². The van der Waals surface area contributed by atoms with E-state index >= 15 is 0 Å². The third-order valence-electron chi connectivity index (χ3n) is 2.01. The minimum atomic E-state index is -1.85. The van der Waals surface area contributed by atoms with E-state index in [1.54, 1.807) is 0 Å². The molecule has 0 saturated carbocycles. The molecule has 0 heterocycles. The number of nitro groups is 1. The quantitative estimate of drug-likeness (QED) is 0.400. The lowest BCUT2D eigenvalue weighted by molar-refractivity contribution is -0.386. The number of rotatable bonds is 4.